The van der Waals surface area contributed by atoms with Crippen molar-refractivity contribution in [3.8, 4) is 0 Å². The first-order chi connectivity index (χ1) is 16.5. The molecule has 1 saturated heterocycles. The van der Waals surface area contributed by atoms with E-state index in [2.05, 4.69) is 44.6 Å². The molecule has 2 amide bonds. The fourth-order valence-corrected chi connectivity index (χ4v) is 4.15. The number of hydrogen-bond acceptors (Lipinski definition) is 6. The zero-order valence-corrected chi connectivity index (χ0v) is 20.7. The third-order valence-corrected chi connectivity index (χ3v) is 6.22. The molecule has 34 heavy (non-hydrogen) atoms. The Kier molecular flexibility index (Phi) is 10.1. The Balaban J connectivity index is 1.38. The van der Waals surface area contributed by atoms with Crippen LogP contribution in [0.4, 0.5) is 0 Å². The van der Waals surface area contributed by atoms with Crippen LogP contribution in [0.5, 0.6) is 0 Å². The number of ether oxygens (including phenoxy) is 1. The molecule has 186 valence electrons. The Bertz CT molecular complexity index is 922. The summed E-state index contributed by atoms with van der Waals surface area (Å²) in [5, 5.41) is 10.6. The van der Waals surface area contributed by atoms with E-state index < -0.39 is 0 Å². The van der Waals surface area contributed by atoms with Crippen LogP contribution in [0.3, 0.4) is 0 Å². The van der Waals surface area contributed by atoms with Gasteiger partial charge in [-0.25, -0.2) is 0 Å². The van der Waals surface area contributed by atoms with Crippen LogP contribution < -0.4 is 10.6 Å². The monoisotopic (exact) mass is 470 g/mol. The summed E-state index contributed by atoms with van der Waals surface area (Å²) in [7, 11) is 1.66. The van der Waals surface area contributed by atoms with Gasteiger partial charge >= 0.3 is 0 Å². The maximum atomic E-state index is 12.6. The molecule has 9 nitrogen and oxygen atoms in total. The lowest BCUT2D eigenvalue weighted by Crippen LogP contribution is -2.51. The minimum atomic E-state index is 0.0129. The molecule has 2 aromatic rings. The molecule has 1 aliphatic heterocycles. The number of hydrogen-bond donors (Lipinski definition) is 2. The van der Waals surface area contributed by atoms with Gasteiger partial charge in [-0.15, -0.1) is 0 Å². The van der Waals surface area contributed by atoms with E-state index in [9.17, 15) is 9.59 Å². The number of nitrogens with zero attached hydrogens (tertiary/aromatic N) is 4. The number of aromatic nitrogens is 2. The summed E-state index contributed by atoms with van der Waals surface area (Å²) < 4.78 is 6.99. The minimum Gasteiger partial charge on any atom is -0.385 e. The molecule has 2 N–H and O–H groups in total. The number of nitrogens with one attached hydrogen (secondary N) is 2. The minimum absolute atomic E-state index is 0.0129. The van der Waals surface area contributed by atoms with Crippen LogP contribution in [0.15, 0.2) is 30.3 Å². The van der Waals surface area contributed by atoms with Gasteiger partial charge in [0.1, 0.15) is 0 Å². The van der Waals surface area contributed by atoms with Crippen molar-refractivity contribution in [2.45, 2.75) is 33.4 Å². The molecule has 1 aliphatic rings. The molecule has 1 fully saturated rings. The zero-order valence-electron chi connectivity index (χ0n) is 20.7. The molecule has 0 atom stereocenters. The van der Waals surface area contributed by atoms with Gasteiger partial charge in [0.15, 0.2) is 0 Å². The van der Waals surface area contributed by atoms with Crippen LogP contribution in [0.25, 0.3) is 0 Å². The number of methoxy groups -OCH3 is 1. The summed E-state index contributed by atoms with van der Waals surface area (Å²) in [6.45, 7) is 10.4. The van der Waals surface area contributed by atoms with Gasteiger partial charge in [0, 0.05) is 64.2 Å². The number of carbonyl (C=O) groups is 2. The largest absolute Gasteiger partial charge is 0.385 e. The lowest BCUT2D eigenvalue weighted by atomic mass is 10.2. The van der Waals surface area contributed by atoms with E-state index in [1.54, 1.807) is 7.11 Å². The van der Waals surface area contributed by atoms with Crippen LogP contribution in [-0.4, -0.2) is 90.9 Å². The highest BCUT2D eigenvalue weighted by Crippen LogP contribution is 2.14. The number of rotatable bonds is 12. The van der Waals surface area contributed by atoms with Gasteiger partial charge in [-0.2, -0.15) is 5.10 Å². The average Bonchev–Trinajstić information content (AvgIpc) is 3.09. The van der Waals surface area contributed by atoms with Gasteiger partial charge in [-0.1, -0.05) is 30.3 Å². The summed E-state index contributed by atoms with van der Waals surface area (Å²) in [5.74, 6) is 0.0554. The first-order valence-corrected chi connectivity index (χ1v) is 12.0. The van der Waals surface area contributed by atoms with Gasteiger partial charge in [-0.3, -0.25) is 24.1 Å². The molecule has 1 aromatic carbocycles. The second kappa shape index (κ2) is 13.2. The van der Waals surface area contributed by atoms with Crippen molar-refractivity contribution in [3.05, 3.63) is 52.8 Å². The molecular weight excluding hydrogens is 432 g/mol. The summed E-state index contributed by atoms with van der Waals surface area (Å²) >= 11 is 0. The van der Waals surface area contributed by atoms with Gasteiger partial charge in [0.05, 0.1) is 25.3 Å². The van der Waals surface area contributed by atoms with Crippen LogP contribution in [0.2, 0.25) is 0 Å². The van der Waals surface area contributed by atoms with Crippen molar-refractivity contribution < 1.29 is 14.3 Å². The smallest absolute Gasteiger partial charge is 0.234 e. The lowest BCUT2D eigenvalue weighted by Gasteiger charge is -2.33. The maximum absolute atomic E-state index is 12.6. The fourth-order valence-electron chi connectivity index (χ4n) is 4.15. The number of aryl methyl sites for hydroxylation is 1. The molecule has 2 heterocycles. The quantitative estimate of drug-likeness (QED) is 0.449. The van der Waals surface area contributed by atoms with Crippen molar-refractivity contribution in [3.63, 3.8) is 0 Å². The molecule has 0 aliphatic carbocycles. The second-order valence-corrected chi connectivity index (χ2v) is 8.82. The first kappa shape index (κ1) is 25.9. The molecule has 9 heteroatoms. The van der Waals surface area contributed by atoms with Crippen LogP contribution >= 0.6 is 0 Å². The summed E-state index contributed by atoms with van der Waals surface area (Å²) in [4.78, 5) is 28.9. The first-order valence-electron chi connectivity index (χ1n) is 12.0. The third kappa shape index (κ3) is 7.93. The predicted octanol–water partition coefficient (Wildman–Crippen LogP) is 0.935. The maximum Gasteiger partial charge on any atom is 0.234 e. The molecule has 0 radical (unpaired) electrons. The normalized spacial score (nSPS) is 14.8. The highest BCUT2D eigenvalue weighted by Gasteiger charge is 2.21. The van der Waals surface area contributed by atoms with Crippen molar-refractivity contribution >= 4 is 11.8 Å². The molecule has 0 bridgehead atoms. The summed E-state index contributed by atoms with van der Waals surface area (Å²) in [6.07, 6.45) is 0.817. The van der Waals surface area contributed by atoms with Crippen molar-refractivity contribution in [1.29, 1.82) is 0 Å². The van der Waals surface area contributed by atoms with Crippen LogP contribution in [0, 0.1) is 13.8 Å². The molecular formula is C25H38N6O3. The Morgan fingerprint density at radius 1 is 0.971 bits per heavy atom. The number of piperazine rings is 1. The van der Waals surface area contributed by atoms with E-state index in [0.29, 0.717) is 32.8 Å². The average molecular weight is 471 g/mol. The standard InChI is InChI=1S/C25H38N6O3/c1-20-23(21(2)31(28-20)17-22-8-5-4-6-9-22)16-27-25(33)19-30-13-11-29(12-14-30)18-24(32)26-10-7-15-34-3/h4-6,8-9H,7,10-19H2,1-3H3,(H,26,32)(H,27,33). The molecule has 3 rings (SSSR count). The molecule has 0 unspecified atom stereocenters. The molecule has 1 aromatic heterocycles. The van der Waals surface area contributed by atoms with Gasteiger partial charge < -0.3 is 15.4 Å². The van der Waals surface area contributed by atoms with E-state index in [4.69, 9.17) is 4.74 Å². The number of benzene rings is 1. The van der Waals surface area contributed by atoms with E-state index in [1.165, 1.54) is 5.56 Å². The lowest BCUT2D eigenvalue weighted by molar-refractivity contribution is -0.125. The van der Waals surface area contributed by atoms with E-state index in [-0.39, 0.29) is 11.8 Å². The van der Waals surface area contributed by atoms with Gasteiger partial charge in [0.2, 0.25) is 11.8 Å². The predicted molar refractivity (Wildman–Crippen MR) is 131 cm³/mol. The fraction of sp³-hybridized carbons (Fsp3) is 0.560. The van der Waals surface area contributed by atoms with Crippen molar-refractivity contribution in [1.82, 2.24) is 30.2 Å². The number of carbonyl (C=O) groups excluding carboxylic acids is 2. The Hall–Kier alpha value is -2.75. The SMILES string of the molecule is COCCCNC(=O)CN1CCN(CC(=O)NCc2c(C)nn(Cc3ccccc3)c2C)CC1. The van der Waals surface area contributed by atoms with Crippen LogP contribution in [-0.2, 0) is 27.4 Å². The highest BCUT2D eigenvalue weighted by atomic mass is 16.5. The van der Waals surface area contributed by atoms with Crippen molar-refractivity contribution in [2.75, 3.05) is 59.5 Å². The zero-order chi connectivity index (χ0) is 24.3. The third-order valence-electron chi connectivity index (χ3n) is 6.22. The second-order valence-electron chi connectivity index (χ2n) is 8.82. The van der Waals surface area contributed by atoms with Crippen molar-refractivity contribution in [2.24, 2.45) is 0 Å². The van der Waals surface area contributed by atoms with Crippen LogP contribution in [0.1, 0.15) is 28.9 Å². The Labute approximate surface area is 202 Å². The molecule has 0 spiro atoms. The van der Waals surface area contributed by atoms with E-state index in [0.717, 1.165) is 56.1 Å². The topological polar surface area (TPSA) is 91.7 Å². The van der Waals surface area contributed by atoms with Gasteiger partial charge in [0.25, 0.3) is 0 Å². The summed E-state index contributed by atoms with van der Waals surface area (Å²) in [6, 6.07) is 10.2. The Morgan fingerprint density at radius 3 is 2.21 bits per heavy atom. The van der Waals surface area contributed by atoms with E-state index in [1.807, 2.05) is 29.8 Å². The van der Waals surface area contributed by atoms with E-state index >= 15 is 0 Å². The molecule has 0 saturated carbocycles. The van der Waals surface area contributed by atoms with Gasteiger partial charge in [-0.05, 0) is 25.8 Å². The number of amides is 2. The summed E-state index contributed by atoms with van der Waals surface area (Å²) in [5.41, 5.74) is 4.30. The highest BCUT2D eigenvalue weighted by molar-refractivity contribution is 5.78. The Morgan fingerprint density at radius 2 is 1.59 bits per heavy atom.